The van der Waals surface area contributed by atoms with Crippen molar-refractivity contribution in [2.45, 2.75) is 6.92 Å². The van der Waals surface area contributed by atoms with E-state index in [1.54, 1.807) is 19.1 Å². The second-order valence-corrected chi connectivity index (χ2v) is 2.75. The van der Waals surface area contributed by atoms with Crippen LogP contribution >= 0.6 is 0 Å². The summed E-state index contributed by atoms with van der Waals surface area (Å²) in [7, 11) is 0. The van der Waals surface area contributed by atoms with E-state index in [2.05, 4.69) is 16.9 Å². The Labute approximate surface area is 81.6 Å². The molecule has 0 bridgehead atoms. The SMILES string of the molecule is C=CCNc1nccc(C)c1[N+](=O)[O-]. The topological polar surface area (TPSA) is 68.1 Å². The molecule has 0 saturated carbocycles. The number of rotatable bonds is 4. The quantitative estimate of drug-likeness (QED) is 0.450. The molecule has 0 amide bonds. The Balaban J connectivity index is 3.07. The molecule has 5 nitrogen and oxygen atoms in total. The molecule has 0 unspecified atom stereocenters. The fourth-order valence-corrected chi connectivity index (χ4v) is 1.08. The molecule has 5 heteroatoms. The summed E-state index contributed by atoms with van der Waals surface area (Å²) < 4.78 is 0. The fourth-order valence-electron chi connectivity index (χ4n) is 1.08. The minimum Gasteiger partial charge on any atom is -0.361 e. The molecule has 14 heavy (non-hydrogen) atoms. The van der Waals surface area contributed by atoms with Gasteiger partial charge in [0.2, 0.25) is 5.82 Å². The van der Waals surface area contributed by atoms with Crippen LogP contribution in [-0.4, -0.2) is 16.5 Å². The summed E-state index contributed by atoms with van der Waals surface area (Å²) in [6, 6.07) is 1.61. The van der Waals surface area contributed by atoms with Gasteiger partial charge in [-0.1, -0.05) is 6.08 Å². The van der Waals surface area contributed by atoms with Gasteiger partial charge in [-0.25, -0.2) is 4.98 Å². The predicted molar refractivity (Wildman–Crippen MR) is 54.3 cm³/mol. The maximum atomic E-state index is 10.7. The van der Waals surface area contributed by atoms with Crippen molar-refractivity contribution in [3.63, 3.8) is 0 Å². The third-order valence-electron chi connectivity index (χ3n) is 1.72. The molecule has 1 aromatic rings. The molecule has 0 radical (unpaired) electrons. The van der Waals surface area contributed by atoms with Gasteiger partial charge < -0.3 is 5.32 Å². The van der Waals surface area contributed by atoms with E-state index in [0.29, 0.717) is 12.1 Å². The molecule has 0 aliphatic carbocycles. The summed E-state index contributed by atoms with van der Waals surface area (Å²) in [5.41, 5.74) is 0.617. The lowest BCUT2D eigenvalue weighted by Gasteiger charge is -2.04. The number of aryl methyl sites for hydroxylation is 1. The molecular formula is C9H11N3O2. The van der Waals surface area contributed by atoms with Gasteiger partial charge in [0.25, 0.3) is 0 Å². The van der Waals surface area contributed by atoms with Gasteiger partial charge in [0.05, 0.1) is 4.92 Å². The van der Waals surface area contributed by atoms with Crippen LogP contribution in [0.25, 0.3) is 0 Å². The average Bonchev–Trinajstić information content (AvgIpc) is 2.14. The molecule has 1 heterocycles. The lowest BCUT2D eigenvalue weighted by molar-refractivity contribution is -0.384. The maximum absolute atomic E-state index is 10.7. The van der Waals surface area contributed by atoms with E-state index in [4.69, 9.17) is 0 Å². The monoisotopic (exact) mass is 193 g/mol. The fraction of sp³-hybridized carbons (Fsp3) is 0.222. The molecular weight excluding hydrogens is 182 g/mol. The van der Waals surface area contributed by atoms with Gasteiger partial charge in [-0.3, -0.25) is 10.1 Å². The van der Waals surface area contributed by atoms with Crippen molar-refractivity contribution < 1.29 is 4.92 Å². The predicted octanol–water partition coefficient (Wildman–Crippen LogP) is 1.90. The Kier molecular flexibility index (Phi) is 3.17. The number of anilines is 1. The van der Waals surface area contributed by atoms with Crippen LogP contribution in [-0.2, 0) is 0 Å². The van der Waals surface area contributed by atoms with E-state index in [-0.39, 0.29) is 11.5 Å². The normalized spacial score (nSPS) is 9.50. The largest absolute Gasteiger partial charge is 0.361 e. The highest BCUT2D eigenvalue weighted by Crippen LogP contribution is 2.24. The highest BCUT2D eigenvalue weighted by atomic mass is 16.6. The van der Waals surface area contributed by atoms with Gasteiger partial charge in [0, 0.05) is 18.3 Å². The first-order chi connectivity index (χ1) is 6.66. The number of pyridine rings is 1. The zero-order valence-electron chi connectivity index (χ0n) is 7.86. The second-order valence-electron chi connectivity index (χ2n) is 2.75. The lowest BCUT2D eigenvalue weighted by Crippen LogP contribution is -2.05. The average molecular weight is 193 g/mol. The lowest BCUT2D eigenvalue weighted by atomic mass is 10.2. The molecule has 0 fully saturated rings. The Morgan fingerprint density at radius 3 is 3.07 bits per heavy atom. The van der Waals surface area contributed by atoms with Crippen LogP contribution in [0.3, 0.4) is 0 Å². The number of hydrogen-bond acceptors (Lipinski definition) is 4. The van der Waals surface area contributed by atoms with E-state index >= 15 is 0 Å². The van der Waals surface area contributed by atoms with Crippen LogP contribution in [0.4, 0.5) is 11.5 Å². The van der Waals surface area contributed by atoms with Crippen LogP contribution in [0.5, 0.6) is 0 Å². The van der Waals surface area contributed by atoms with Gasteiger partial charge in [-0.05, 0) is 13.0 Å². The molecule has 74 valence electrons. The van der Waals surface area contributed by atoms with Crippen LogP contribution in [0.2, 0.25) is 0 Å². The molecule has 0 aromatic carbocycles. The van der Waals surface area contributed by atoms with Crippen molar-refractivity contribution in [2.24, 2.45) is 0 Å². The summed E-state index contributed by atoms with van der Waals surface area (Å²) in [5, 5.41) is 13.5. The van der Waals surface area contributed by atoms with E-state index in [0.717, 1.165) is 0 Å². The van der Waals surface area contributed by atoms with Crippen molar-refractivity contribution in [3.05, 3.63) is 40.6 Å². The van der Waals surface area contributed by atoms with Crippen molar-refractivity contribution >= 4 is 11.5 Å². The first-order valence-electron chi connectivity index (χ1n) is 4.11. The minimum absolute atomic E-state index is 0.0225. The van der Waals surface area contributed by atoms with Crippen molar-refractivity contribution in [1.82, 2.24) is 4.98 Å². The molecule has 0 spiro atoms. The van der Waals surface area contributed by atoms with E-state index in [9.17, 15) is 10.1 Å². The second kappa shape index (κ2) is 4.36. The summed E-state index contributed by atoms with van der Waals surface area (Å²) in [6.07, 6.45) is 3.15. The van der Waals surface area contributed by atoms with Crippen molar-refractivity contribution in [3.8, 4) is 0 Å². The van der Waals surface area contributed by atoms with Gasteiger partial charge in [-0.2, -0.15) is 0 Å². The third-order valence-corrected chi connectivity index (χ3v) is 1.72. The molecule has 0 atom stereocenters. The highest BCUT2D eigenvalue weighted by molar-refractivity contribution is 5.59. The summed E-state index contributed by atoms with van der Waals surface area (Å²) >= 11 is 0. The van der Waals surface area contributed by atoms with Crippen LogP contribution in [0.15, 0.2) is 24.9 Å². The number of nitrogens with zero attached hydrogens (tertiary/aromatic N) is 2. The third kappa shape index (κ3) is 2.07. The van der Waals surface area contributed by atoms with Crippen LogP contribution in [0, 0.1) is 17.0 Å². The van der Waals surface area contributed by atoms with Crippen molar-refractivity contribution in [1.29, 1.82) is 0 Å². The van der Waals surface area contributed by atoms with Crippen molar-refractivity contribution in [2.75, 3.05) is 11.9 Å². The smallest absolute Gasteiger partial charge is 0.314 e. The molecule has 1 N–H and O–H groups in total. The first-order valence-corrected chi connectivity index (χ1v) is 4.11. The zero-order chi connectivity index (χ0) is 10.6. The molecule has 0 aliphatic heterocycles. The van der Waals surface area contributed by atoms with E-state index in [1.165, 1.54) is 6.20 Å². The standard InChI is InChI=1S/C9H11N3O2/c1-3-5-10-9-8(12(13)14)7(2)4-6-11-9/h3-4,6H,1,5H2,2H3,(H,10,11). The summed E-state index contributed by atoms with van der Waals surface area (Å²) in [4.78, 5) is 14.2. The van der Waals surface area contributed by atoms with Gasteiger partial charge in [0.1, 0.15) is 0 Å². The molecule has 1 rings (SSSR count). The summed E-state index contributed by atoms with van der Waals surface area (Å²) in [6.45, 7) is 5.65. The van der Waals surface area contributed by atoms with Crippen LogP contribution < -0.4 is 5.32 Å². The molecule has 1 aromatic heterocycles. The number of nitro groups is 1. The highest BCUT2D eigenvalue weighted by Gasteiger charge is 2.17. The van der Waals surface area contributed by atoms with Gasteiger partial charge in [0.15, 0.2) is 0 Å². The molecule has 0 aliphatic rings. The zero-order valence-corrected chi connectivity index (χ0v) is 7.86. The van der Waals surface area contributed by atoms with E-state index < -0.39 is 4.92 Å². The number of nitrogens with one attached hydrogen (secondary N) is 1. The van der Waals surface area contributed by atoms with E-state index in [1.807, 2.05) is 0 Å². The van der Waals surface area contributed by atoms with Crippen LogP contribution in [0.1, 0.15) is 5.56 Å². The van der Waals surface area contributed by atoms with Gasteiger partial charge >= 0.3 is 5.69 Å². The maximum Gasteiger partial charge on any atom is 0.314 e. The Morgan fingerprint density at radius 1 is 1.79 bits per heavy atom. The Morgan fingerprint density at radius 2 is 2.50 bits per heavy atom. The summed E-state index contributed by atoms with van der Waals surface area (Å²) in [5.74, 6) is 0.287. The minimum atomic E-state index is -0.437. The Hall–Kier alpha value is -1.91. The number of aromatic nitrogens is 1. The Bertz CT molecular complexity index is 363. The number of hydrogen-bond donors (Lipinski definition) is 1. The van der Waals surface area contributed by atoms with Gasteiger partial charge in [-0.15, -0.1) is 6.58 Å². The molecule has 0 saturated heterocycles. The first kappa shape index (κ1) is 10.2.